The van der Waals surface area contributed by atoms with E-state index in [4.69, 9.17) is 9.47 Å². The van der Waals surface area contributed by atoms with Crippen LogP contribution in [-0.2, 0) is 19.1 Å². The third-order valence-electron chi connectivity index (χ3n) is 6.63. The third kappa shape index (κ3) is 7.69. The Bertz CT molecular complexity index is 842. The number of ether oxygens (including phenoxy) is 2. The van der Waals surface area contributed by atoms with E-state index in [-0.39, 0.29) is 30.8 Å². The molecule has 3 atom stereocenters. The van der Waals surface area contributed by atoms with Crippen LogP contribution in [-0.4, -0.2) is 55.3 Å². The van der Waals surface area contributed by atoms with Gasteiger partial charge < -0.3 is 19.9 Å². The van der Waals surface area contributed by atoms with E-state index in [1.54, 1.807) is 59.1 Å². The first-order valence-electron chi connectivity index (χ1n) is 12.6. The molecule has 0 aromatic heterocycles. The highest BCUT2D eigenvalue weighted by Crippen LogP contribution is 2.39. The van der Waals surface area contributed by atoms with Crippen molar-refractivity contribution < 1.29 is 29.0 Å². The molecular weight excluding hydrogens is 448 g/mol. The Morgan fingerprint density at radius 2 is 1.71 bits per heavy atom. The monoisotopic (exact) mass is 490 g/mol. The van der Waals surface area contributed by atoms with Crippen LogP contribution in [0.15, 0.2) is 24.3 Å². The zero-order chi connectivity index (χ0) is 26.2. The Morgan fingerprint density at radius 3 is 2.20 bits per heavy atom. The van der Waals surface area contributed by atoms with Crippen LogP contribution in [0, 0.1) is 17.8 Å². The smallest absolute Gasteiger partial charge is 0.310 e. The van der Waals surface area contributed by atoms with Crippen LogP contribution in [0.5, 0.6) is 5.75 Å². The molecule has 196 valence electrons. The minimum atomic E-state index is -0.813. The number of esters is 1. The zero-order valence-corrected chi connectivity index (χ0v) is 22.0. The van der Waals surface area contributed by atoms with Crippen LogP contribution in [0.1, 0.15) is 66.2 Å². The summed E-state index contributed by atoms with van der Waals surface area (Å²) in [4.78, 5) is 41.9. The number of aliphatic hydroxyl groups excluding tert-OH is 1. The van der Waals surface area contributed by atoms with Gasteiger partial charge in [0.15, 0.2) is 0 Å². The predicted octanol–water partition coefficient (Wildman–Crippen LogP) is 3.70. The molecule has 1 saturated carbocycles. The summed E-state index contributed by atoms with van der Waals surface area (Å²) < 4.78 is 11.0. The molecule has 1 aromatic rings. The zero-order valence-electron chi connectivity index (χ0n) is 22.0. The van der Waals surface area contributed by atoms with Gasteiger partial charge in [-0.3, -0.25) is 19.3 Å². The van der Waals surface area contributed by atoms with E-state index in [2.05, 4.69) is 5.32 Å². The van der Waals surface area contributed by atoms with Gasteiger partial charge in [0.1, 0.15) is 17.4 Å². The summed E-state index contributed by atoms with van der Waals surface area (Å²) in [5.74, 6) is -2.05. The Balaban J connectivity index is 2.58. The summed E-state index contributed by atoms with van der Waals surface area (Å²) in [5.41, 5.74) is -0.185. The molecule has 35 heavy (non-hydrogen) atoms. The fraction of sp³-hybridized carbons (Fsp3) is 0.667. The van der Waals surface area contributed by atoms with E-state index in [1.807, 2.05) is 0 Å². The molecule has 0 radical (unpaired) electrons. The lowest BCUT2D eigenvalue weighted by molar-refractivity contribution is -0.165. The maximum absolute atomic E-state index is 14.4. The van der Waals surface area contributed by atoms with E-state index in [1.165, 1.54) is 11.9 Å². The number of nitrogens with one attached hydrogen (secondary N) is 1. The first-order chi connectivity index (χ1) is 16.5. The molecule has 0 heterocycles. The second-order valence-electron chi connectivity index (χ2n) is 10.3. The number of nitrogens with zero attached hydrogens (tertiary/aromatic N) is 1. The molecule has 1 aliphatic rings. The van der Waals surface area contributed by atoms with E-state index >= 15 is 0 Å². The van der Waals surface area contributed by atoms with Crippen molar-refractivity contribution in [3.63, 3.8) is 0 Å². The van der Waals surface area contributed by atoms with Crippen molar-refractivity contribution in [3.05, 3.63) is 24.3 Å². The summed E-state index contributed by atoms with van der Waals surface area (Å²) >= 11 is 0. The third-order valence-corrected chi connectivity index (χ3v) is 6.63. The number of aliphatic hydroxyl groups is 1. The number of benzene rings is 1. The molecule has 0 bridgehead atoms. The first kappa shape index (κ1) is 28.6. The molecule has 1 aromatic carbocycles. The van der Waals surface area contributed by atoms with E-state index in [0.29, 0.717) is 11.4 Å². The molecule has 1 fully saturated rings. The van der Waals surface area contributed by atoms with E-state index in [9.17, 15) is 19.5 Å². The van der Waals surface area contributed by atoms with Gasteiger partial charge in [-0.25, -0.2) is 0 Å². The lowest BCUT2D eigenvalue weighted by atomic mass is 9.72. The van der Waals surface area contributed by atoms with Gasteiger partial charge in [0.2, 0.25) is 11.8 Å². The highest BCUT2D eigenvalue weighted by molar-refractivity contribution is 6.03. The number of likely N-dealkylation sites (N-methyl/N-ethyl adjacent to an activating group) is 1. The number of carbonyl (C=O) groups is 3. The summed E-state index contributed by atoms with van der Waals surface area (Å²) in [5, 5.41) is 12.5. The van der Waals surface area contributed by atoms with Gasteiger partial charge >= 0.3 is 5.97 Å². The van der Waals surface area contributed by atoms with Crippen molar-refractivity contribution >= 4 is 23.5 Å². The van der Waals surface area contributed by atoms with Crippen molar-refractivity contribution in [3.8, 4) is 5.75 Å². The van der Waals surface area contributed by atoms with Gasteiger partial charge in [0.25, 0.3) is 0 Å². The number of amides is 2. The van der Waals surface area contributed by atoms with Crippen molar-refractivity contribution in [1.29, 1.82) is 0 Å². The van der Waals surface area contributed by atoms with Crippen molar-refractivity contribution in [1.82, 2.24) is 5.32 Å². The van der Waals surface area contributed by atoms with Gasteiger partial charge in [0, 0.05) is 19.3 Å². The summed E-state index contributed by atoms with van der Waals surface area (Å²) in [6.07, 6.45) is 4.78. The quantitative estimate of drug-likeness (QED) is 0.485. The van der Waals surface area contributed by atoms with Gasteiger partial charge in [-0.05, 0) is 77.1 Å². The maximum Gasteiger partial charge on any atom is 0.310 e. The van der Waals surface area contributed by atoms with Crippen LogP contribution in [0.25, 0.3) is 0 Å². The standard InChI is InChI=1S/C27H42N2O6/c1-18(24(31)28-5)29(20-12-14-21(34-6)15-13-20)25(32)23(19-10-8-7-9-11-19)22(16-17-30)26(33)35-27(2,3)4/h12-15,18-19,22-23,30H,7-11,16-17H2,1-6H3,(H,28,31). The lowest BCUT2D eigenvalue weighted by Gasteiger charge is -2.39. The van der Waals surface area contributed by atoms with Crippen LogP contribution in [0.4, 0.5) is 5.69 Å². The second-order valence-corrected chi connectivity index (χ2v) is 10.3. The number of rotatable bonds is 10. The lowest BCUT2D eigenvalue weighted by Crippen LogP contribution is -2.53. The Hall–Kier alpha value is -2.61. The topological polar surface area (TPSA) is 105 Å². The molecule has 0 aliphatic heterocycles. The van der Waals surface area contributed by atoms with E-state index < -0.39 is 29.4 Å². The normalized spacial score (nSPS) is 17.1. The molecule has 2 amide bonds. The first-order valence-corrected chi connectivity index (χ1v) is 12.6. The Morgan fingerprint density at radius 1 is 1.11 bits per heavy atom. The predicted molar refractivity (Wildman–Crippen MR) is 135 cm³/mol. The largest absolute Gasteiger partial charge is 0.497 e. The number of carbonyl (C=O) groups excluding carboxylic acids is 3. The average molecular weight is 491 g/mol. The van der Waals surface area contributed by atoms with Gasteiger partial charge in [-0.1, -0.05) is 19.3 Å². The van der Waals surface area contributed by atoms with Gasteiger partial charge in [-0.15, -0.1) is 0 Å². The van der Waals surface area contributed by atoms with Crippen LogP contribution in [0.3, 0.4) is 0 Å². The Labute approximate surface area is 209 Å². The average Bonchev–Trinajstić information content (AvgIpc) is 2.83. The molecule has 2 rings (SSSR count). The molecule has 0 spiro atoms. The van der Waals surface area contributed by atoms with Crippen molar-refractivity contribution in [2.45, 2.75) is 77.9 Å². The molecule has 2 N–H and O–H groups in total. The minimum Gasteiger partial charge on any atom is -0.497 e. The highest BCUT2D eigenvalue weighted by Gasteiger charge is 2.44. The van der Waals surface area contributed by atoms with Crippen LogP contribution < -0.4 is 15.0 Å². The fourth-order valence-electron chi connectivity index (χ4n) is 4.93. The number of methoxy groups -OCH3 is 1. The summed E-state index contributed by atoms with van der Waals surface area (Å²) in [6.45, 7) is 6.79. The molecule has 0 saturated heterocycles. The summed E-state index contributed by atoms with van der Waals surface area (Å²) in [7, 11) is 3.09. The number of anilines is 1. The van der Waals surface area contributed by atoms with Crippen LogP contribution >= 0.6 is 0 Å². The molecule has 8 nitrogen and oxygen atoms in total. The molecule has 1 aliphatic carbocycles. The van der Waals surface area contributed by atoms with E-state index in [0.717, 1.165) is 32.1 Å². The van der Waals surface area contributed by atoms with Crippen molar-refractivity contribution in [2.75, 3.05) is 25.7 Å². The second kappa shape index (κ2) is 12.9. The number of hydrogen-bond acceptors (Lipinski definition) is 6. The summed E-state index contributed by atoms with van der Waals surface area (Å²) in [6, 6.07) is 6.15. The van der Waals surface area contributed by atoms with Crippen molar-refractivity contribution in [2.24, 2.45) is 17.8 Å². The maximum atomic E-state index is 14.4. The molecule has 8 heteroatoms. The van der Waals surface area contributed by atoms with Gasteiger partial charge in [0.05, 0.1) is 18.9 Å². The fourth-order valence-corrected chi connectivity index (χ4v) is 4.93. The van der Waals surface area contributed by atoms with Crippen LogP contribution in [0.2, 0.25) is 0 Å². The van der Waals surface area contributed by atoms with Gasteiger partial charge in [-0.2, -0.15) is 0 Å². The molecule has 3 unspecified atom stereocenters. The molecular formula is C27H42N2O6. The number of hydrogen-bond donors (Lipinski definition) is 2. The Kier molecular flexibility index (Phi) is 10.6. The SMILES string of the molecule is CNC(=O)C(C)N(C(=O)C(C1CCCCC1)C(CCO)C(=O)OC(C)(C)C)c1ccc(OC)cc1. The highest BCUT2D eigenvalue weighted by atomic mass is 16.6. The minimum absolute atomic E-state index is 0.0436.